The Morgan fingerprint density at radius 1 is 1.25 bits per heavy atom. The van der Waals surface area contributed by atoms with Gasteiger partial charge in [-0.15, -0.1) is 0 Å². The van der Waals surface area contributed by atoms with Gasteiger partial charge in [-0.3, -0.25) is 0 Å². The number of ether oxygens (including phenoxy) is 2. The Kier molecular flexibility index (Phi) is 4.72. The third-order valence-corrected chi connectivity index (χ3v) is 4.68. The maximum atomic E-state index is 12.5. The Balaban J connectivity index is 1.63. The smallest absolute Gasteiger partial charge is 0.410 e. The van der Waals surface area contributed by atoms with E-state index in [2.05, 4.69) is 0 Å². The van der Waals surface area contributed by atoms with Crippen LogP contribution >= 0.6 is 0 Å². The molecule has 24 heavy (non-hydrogen) atoms. The van der Waals surface area contributed by atoms with Crippen LogP contribution in [0, 0.1) is 0 Å². The number of rotatable bonds is 3. The van der Waals surface area contributed by atoms with Gasteiger partial charge in [0.2, 0.25) is 0 Å². The number of fused-ring (bicyclic) bond motifs is 2. The lowest BCUT2D eigenvalue weighted by atomic mass is 10.00. The molecule has 2 aliphatic rings. The van der Waals surface area contributed by atoms with Gasteiger partial charge in [0.25, 0.3) is 0 Å². The lowest BCUT2D eigenvalue weighted by Gasteiger charge is -2.39. The monoisotopic (exact) mass is 333 g/mol. The zero-order valence-corrected chi connectivity index (χ0v) is 14.7. The molecule has 2 saturated heterocycles. The maximum absolute atomic E-state index is 12.5. The van der Waals surface area contributed by atoms with Crippen molar-refractivity contribution in [3.8, 4) is 5.75 Å². The van der Waals surface area contributed by atoms with Gasteiger partial charge < -0.3 is 19.5 Å². The fraction of sp³-hybridized carbons (Fsp3) is 0.632. The Morgan fingerprint density at radius 2 is 1.92 bits per heavy atom. The summed E-state index contributed by atoms with van der Waals surface area (Å²) in [6.07, 6.45) is 3.60. The fourth-order valence-corrected chi connectivity index (χ4v) is 3.75. The van der Waals surface area contributed by atoms with Gasteiger partial charge in [-0.2, -0.15) is 0 Å². The molecule has 3 rings (SSSR count). The van der Waals surface area contributed by atoms with E-state index in [1.165, 1.54) is 0 Å². The SMILES string of the molecule is CC(C)(C)OC(=O)N1[C@@H]2CC[C@H]1CC(Oc1cccc(CO)c1)C2. The number of amides is 1. The van der Waals surface area contributed by atoms with Gasteiger partial charge >= 0.3 is 6.09 Å². The predicted octanol–water partition coefficient (Wildman–Crippen LogP) is 3.49. The van der Waals surface area contributed by atoms with Crippen LogP contribution in [0.25, 0.3) is 0 Å². The first kappa shape index (κ1) is 17.1. The van der Waals surface area contributed by atoms with Gasteiger partial charge in [-0.25, -0.2) is 4.79 Å². The van der Waals surface area contributed by atoms with E-state index in [1.807, 2.05) is 49.9 Å². The molecule has 5 nitrogen and oxygen atoms in total. The molecule has 2 heterocycles. The molecule has 2 bridgehead atoms. The van der Waals surface area contributed by atoms with Gasteiger partial charge in [0, 0.05) is 24.9 Å². The average molecular weight is 333 g/mol. The van der Waals surface area contributed by atoms with Crippen LogP contribution in [0.5, 0.6) is 5.75 Å². The molecular formula is C19H27NO4. The predicted molar refractivity (Wildman–Crippen MR) is 90.9 cm³/mol. The Hall–Kier alpha value is -1.75. The number of carbonyl (C=O) groups excluding carboxylic acids is 1. The highest BCUT2D eigenvalue weighted by Crippen LogP contribution is 2.38. The molecular weight excluding hydrogens is 306 g/mol. The number of piperidine rings is 1. The largest absolute Gasteiger partial charge is 0.490 e. The number of benzene rings is 1. The summed E-state index contributed by atoms with van der Waals surface area (Å²) in [5.74, 6) is 0.789. The summed E-state index contributed by atoms with van der Waals surface area (Å²) in [5.41, 5.74) is 0.385. The van der Waals surface area contributed by atoms with E-state index in [4.69, 9.17) is 9.47 Å². The second-order valence-electron chi connectivity index (χ2n) is 7.79. The van der Waals surface area contributed by atoms with Crippen LogP contribution < -0.4 is 4.74 Å². The lowest BCUT2D eigenvalue weighted by molar-refractivity contribution is -0.00709. The first-order valence-corrected chi connectivity index (χ1v) is 8.73. The van der Waals surface area contributed by atoms with Crippen molar-refractivity contribution in [2.24, 2.45) is 0 Å². The molecule has 1 amide bonds. The number of aliphatic hydroxyl groups is 1. The van der Waals surface area contributed by atoms with Crippen molar-refractivity contribution in [1.29, 1.82) is 0 Å². The van der Waals surface area contributed by atoms with Crippen LogP contribution in [0.3, 0.4) is 0 Å². The summed E-state index contributed by atoms with van der Waals surface area (Å²) in [6.45, 7) is 5.71. The van der Waals surface area contributed by atoms with Gasteiger partial charge in [0.05, 0.1) is 6.61 Å². The van der Waals surface area contributed by atoms with Crippen molar-refractivity contribution in [3.63, 3.8) is 0 Å². The van der Waals surface area contributed by atoms with E-state index in [1.54, 1.807) is 0 Å². The zero-order valence-electron chi connectivity index (χ0n) is 14.7. The summed E-state index contributed by atoms with van der Waals surface area (Å²) < 4.78 is 11.7. The summed E-state index contributed by atoms with van der Waals surface area (Å²) in [4.78, 5) is 14.4. The molecule has 0 spiro atoms. The molecule has 0 radical (unpaired) electrons. The topological polar surface area (TPSA) is 59.0 Å². The summed E-state index contributed by atoms with van der Waals surface area (Å²) in [6, 6.07) is 7.96. The van der Waals surface area contributed by atoms with Crippen molar-refractivity contribution in [2.45, 2.75) is 76.9 Å². The van der Waals surface area contributed by atoms with Crippen LogP contribution in [0.1, 0.15) is 52.0 Å². The second-order valence-corrected chi connectivity index (χ2v) is 7.79. The molecule has 1 aromatic rings. The summed E-state index contributed by atoms with van der Waals surface area (Å²) in [5, 5.41) is 9.24. The molecule has 5 heteroatoms. The number of carbonyl (C=O) groups is 1. The molecule has 0 saturated carbocycles. The standard InChI is InChI=1S/C19H27NO4/c1-19(2,3)24-18(22)20-14-7-8-15(20)11-17(10-14)23-16-6-4-5-13(9-16)12-21/h4-6,9,14-15,17,21H,7-8,10-12H2,1-3H3/t14-,15+,17?. The van der Waals surface area contributed by atoms with Crippen LogP contribution in [0.2, 0.25) is 0 Å². The van der Waals surface area contributed by atoms with Crippen molar-refractivity contribution >= 4 is 6.09 Å². The van der Waals surface area contributed by atoms with Crippen molar-refractivity contribution in [3.05, 3.63) is 29.8 Å². The number of hydrogen-bond donors (Lipinski definition) is 1. The van der Waals surface area contributed by atoms with Gasteiger partial charge in [0.15, 0.2) is 0 Å². The highest BCUT2D eigenvalue weighted by Gasteiger charge is 2.45. The first-order valence-electron chi connectivity index (χ1n) is 8.73. The normalized spacial score (nSPS) is 26.3. The molecule has 1 unspecified atom stereocenters. The van der Waals surface area contributed by atoms with Gasteiger partial charge in [0.1, 0.15) is 17.5 Å². The van der Waals surface area contributed by atoms with Crippen LogP contribution in [-0.2, 0) is 11.3 Å². The average Bonchev–Trinajstić information content (AvgIpc) is 2.77. The highest BCUT2D eigenvalue weighted by molar-refractivity contribution is 5.69. The minimum atomic E-state index is -0.464. The number of nitrogens with zero attached hydrogens (tertiary/aromatic N) is 1. The number of hydrogen-bond acceptors (Lipinski definition) is 4. The minimum Gasteiger partial charge on any atom is -0.490 e. The lowest BCUT2D eigenvalue weighted by Crippen LogP contribution is -2.50. The molecule has 1 N–H and O–H groups in total. The van der Waals surface area contributed by atoms with Gasteiger partial charge in [-0.05, 0) is 51.3 Å². The van der Waals surface area contributed by atoms with Crippen molar-refractivity contribution in [2.75, 3.05) is 0 Å². The highest BCUT2D eigenvalue weighted by atomic mass is 16.6. The van der Waals surface area contributed by atoms with E-state index < -0.39 is 5.60 Å². The quantitative estimate of drug-likeness (QED) is 0.920. The Bertz CT molecular complexity index is 581. The molecule has 132 valence electrons. The van der Waals surface area contributed by atoms with Crippen LogP contribution in [0.4, 0.5) is 4.79 Å². The van der Waals surface area contributed by atoms with Crippen molar-refractivity contribution < 1.29 is 19.4 Å². The molecule has 2 fully saturated rings. The molecule has 1 aromatic carbocycles. The summed E-state index contributed by atoms with van der Waals surface area (Å²) >= 11 is 0. The van der Waals surface area contributed by atoms with Crippen LogP contribution in [-0.4, -0.2) is 39.9 Å². The zero-order chi connectivity index (χ0) is 17.3. The van der Waals surface area contributed by atoms with E-state index >= 15 is 0 Å². The number of aliphatic hydroxyl groups excluding tert-OH is 1. The maximum Gasteiger partial charge on any atom is 0.410 e. The van der Waals surface area contributed by atoms with Crippen molar-refractivity contribution in [1.82, 2.24) is 4.90 Å². The van der Waals surface area contributed by atoms with Crippen LogP contribution in [0.15, 0.2) is 24.3 Å². The molecule has 0 aromatic heterocycles. The van der Waals surface area contributed by atoms with E-state index in [9.17, 15) is 9.90 Å². The summed E-state index contributed by atoms with van der Waals surface area (Å²) in [7, 11) is 0. The third-order valence-electron chi connectivity index (χ3n) is 4.68. The fourth-order valence-electron chi connectivity index (χ4n) is 3.75. The Labute approximate surface area is 143 Å². The second kappa shape index (κ2) is 6.63. The first-order chi connectivity index (χ1) is 11.4. The Morgan fingerprint density at radius 3 is 2.50 bits per heavy atom. The van der Waals surface area contributed by atoms with E-state index in [0.717, 1.165) is 37.0 Å². The third kappa shape index (κ3) is 3.83. The molecule has 3 atom stereocenters. The van der Waals surface area contributed by atoms with E-state index in [-0.39, 0.29) is 30.9 Å². The van der Waals surface area contributed by atoms with Gasteiger partial charge in [-0.1, -0.05) is 12.1 Å². The molecule has 2 aliphatic heterocycles. The van der Waals surface area contributed by atoms with E-state index in [0.29, 0.717) is 0 Å². The molecule has 0 aliphatic carbocycles. The minimum absolute atomic E-state index is 0.0134.